The number of benzene rings is 2. The van der Waals surface area contributed by atoms with Crippen LogP contribution in [0.3, 0.4) is 0 Å². The standard InChI is InChI=1S/C18H11BrN2O2/c19-14-6-4-12(5-7-14)13-10-18-15-2-1-3-17(21(22)23)16(15)8-9-20(18)11-13/h1-11H. The molecule has 4 aromatic rings. The number of nitro benzene ring substituents is 1. The molecule has 0 saturated carbocycles. The molecule has 0 aliphatic rings. The quantitative estimate of drug-likeness (QED) is 0.350. The van der Waals surface area contributed by atoms with E-state index in [0.717, 1.165) is 26.5 Å². The minimum atomic E-state index is -0.336. The number of hydrogen-bond acceptors (Lipinski definition) is 2. The van der Waals surface area contributed by atoms with E-state index in [1.165, 1.54) is 6.07 Å². The first-order valence-corrected chi connectivity index (χ1v) is 7.86. The summed E-state index contributed by atoms with van der Waals surface area (Å²) in [6.07, 6.45) is 3.91. The fourth-order valence-corrected chi connectivity index (χ4v) is 3.15. The lowest BCUT2D eigenvalue weighted by molar-refractivity contribution is -0.383. The minimum absolute atomic E-state index is 0.136. The second-order valence-electron chi connectivity index (χ2n) is 5.34. The molecule has 2 aromatic heterocycles. The van der Waals surface area contributed by atoms with Crippen LogP contribution in [-0.4, -0.2) is 9.32 Å². The third-order valence-corrected chi connectivity index (χ3v) is 4.51. The summed E-state index contributed by atoms with van der Waals surface area (Å²) in [7, 11) is 0. The summed E-state index contributed by atoms with van der Waals surface area (Å²) in [5.41, 5.74) is 3.28. The molecule has 0 bridgehead atoms. The smallest absolute Gasteiger partial charge is 0.277 e. The predicted molar refractivity (Wildman–Crippen MR) is 94.7 cm³/mol. The molecule has 0 aliphatic heterocycles. The first-order chi connectivity index (χ1) is 11.1. The average molecular weight is 367 g/mol. The largest absolute Gasteiger partial charge is 0.323 e. The molecule has 0 radical (unpaired) electrons. The van der Waals surface area contributed by atoms with Gasteiger partial charge < -0.3 is 4.40 Å². The summed E-state index contributed by atoms with van der Waals surface area (Å²) in [5.74, 6) is 0. The third-order valence-electron chi connectivity index (χ3n) is 3.98. The van der Waals surface area contributed by atoms with Crippen LogP contribution in [0, 0.1) is 10.1 Å². The fraction of sp³-hybridized carbons (Fsp3) is 0. The number of non-ortho nitro benzene ring substituents is 1. The summed E-state index contributed by atoms with van der Waals surface area (Å²) < 4.78 is 3.04. The zero-order chi connectivity index (χ0) is 16.0. The molecule has 0 unspecified atom stereocenters. The van der Waals surface area contributed by atoms with E-state index in [4.69, 9.17) is 0 Å². The van der Waals surface area contributed by atoms with Gasteiger partial charge in [-0.1, -0.05) is 40.2 Å². The van der Waals surface area contributed by atoms with Crippen molar-refractivity contribution in [2.24, 2.45) is 0 Å². The van der Waals surface area contributed by atoms with Crippen molar-refractivity contribution in [2.75, 3.05) is 0 Å². The van der Waals surface area contributed by atoms with E-state index in [0.29, 0.717) is 5.39 Å². The maximum atomic E-state index is 11.2. The van der Waals surface area contributed by atoms with Crippen LogP contribution in [0.15, 0.2) is 71.5 Å². The van der Waals surface area contributed by atoms with Crippen molar-refractivity contribution in [1.82, 2.24) is 4.40 Å². The Kier molecular flexibility index (Phi) is 3.16. The van der Waals surface area contributed by atoms with Gasteiger partial charge >= 0.3 is 0 Å². The third kappa shape index (κ3) is 2.29. The van der Waals surface area contributed by atoms with E-state index in [-0.39, 0.29) is 10.6 Å². The molecule has 4 nitrogen and oxygen atoms in total. The molecule has 0 atom stereocenters. The highest BCUT2D eigenvalue weighted by Crippen LogP contribution is 2.32. The molecule has 0 saturated heterocycles. The molecule has 0 aliphatic carbocycles. The number of halogens is 1. The van der Waals surface area contributed by atoms with Gasteiger partial charge in [0.15, 0.2) is 0 Å². The Balaban J connectivity index is 1.98. The Labute approximate surface area is 140 Å². The number of nitro groups is 1. The van der Waals surface area contributed by atoms with Gasteiger partial charge in [-0.05, 0) is 29.8 Å². The number of aromatic nitrogens is 1. The van der Waals surface area contributed by atoms with Crippen LogP contribution >= 0.6 is 15.9 Å². The normalized spacial score (nSPS) is 11.2. The number of nitrogens with zero attached hydrogens (tertiary/aromatic N) is 2. The van der Waals surface area contributed by atoms with E-state index in [2.05, 4.69) is 22.0 Å². The van der Waals surface area contributed by atoms with E-state index in [9.17, 15) is 10.1 Å². The highest BCUT2D eigenvalue weighted by molar-refractivity contribution is 9.10. The van der Waals surface area contributed by atoms with Crippen molar-refractivity contribution in [1.29, 1.82) is 0 Å². The summed E-state index contributed by atoms with van der Waals surface area (Å²) in [4.78, 5) is 10.9. The number of hydrogen-bond donors (Lipinski definition) is 0. The van der Waals surface area contributed by atoms with Crippen molar-refractivity contribution in [3.63, 3.8) is 0 Å². The first-order valence-electron chi connectivity index (χ1n) is 7.07. The summed E-state index contributed by atoms with van der Waals surface area (Å²) >= 11 is 3.44. The maximum absolute atomic E-state index is 11.2. The lowest BCUT2D eigenvalue weighted by Crippen LogP contribution is -1.91. The molecule has 0 amide bonds. The molecule has 23 heavy (non-hydrogen) atoms. The topological polar surface area (TPSA) is 47.5 Å². The first kappa shape index (κ1) is 14.0. The number of fused-ring (bicyclic) bond motifs is 3. The lowest BCUT2D eigenvalue weighted by Gasteiger charge is -2.02. The average Bonchev–Trinajstić information content (AvgIpc) is 2.99. The fourth-order valence-electron chi connectivity index (χ4n) is 2.88. The highest BCUT2D eigenvalue weighted by atomic mass is 79.9. The Bertz CT molecular complexity index is 1050. The molecule has 0 fully saturated rings. The molecular weight excluding hydrogens is 356 g/mol. The van der Waals surface area contributed by atoms with Crippen molar-refractivity contribution in [3.8, 4) is 11.1 Å². The van der Waals surface area contributed by atoms with Crippen LogP contribution in [0.1, 0.15) is 0 Å². The van der Waals surface area contributed by atoms with Crippen LogP contribution in [0.4, 0.5) is 5.69 Å². The van der Waals surface area contributed by atoms with Gasteiger partial charge in [-0.3, -0.25) is 10.1 Å². The molecule has 112 valence electrons. The summed E-state index contributed by atoms with van der Waals surface area (Å²) in [5, 5.41) is 12.7. The molecule has 4 rings (SSSR count). The molecule has 0 spiro atoms. The van der Waals surface area contributed by atoms with Crippen LogP contribution in [-0.2, 0) is 0 Å². The molecular formula is C18H11BrN2O2. The Hall–Kier alpha value is -2.66. The van der Waals surface area contributed by atoms with Gasteiger partial charge in [-0.25, -0.2) is 0 Å². The second kappa shape index (κ2) is 5.21. The van der Waals surface area contributed by atoms with Crippen LogP contribution < -0.4 is 0 Å². The van der Waals surface area contributed by atoms with E-state index < -0.39 is 0 Å². The van der Waals surface area contributed by atoms with Crippen molar-refractivity contribution in [3.05, 3.63) is 81.6 Å². The Morgan fingerprint density at radius 3 is 2.48 bits per heavy atom. The van der Waals surface area contributed by atoms with Gasteiger partial charge in [0.2, 0.25) is 0 Å². The van der Waals surface area contributed by atoms with E-state index >= 15 is 0 Å². The SMILES string of the molecule is O=[N+]([O-])c1cccc2c1ccn1cc(-c3ccc(Br)cc3)cc21. The second-order valence-corrected chi connectivity index (χ2v) is 6.26. The van der Waals surface area contributed by atoms with Gasteiger partial charge in [-0.15, -0.1) is 0 Å². The molecule has 2 aromatic carbocycles. The summed E-state index contributed by atoms with van der Waals surface area (Å²) in [6.45, 7) is 0. The van der Waals surface area contributed by atoms with Gasteiger partial charge in [0.25, 0.3) is 5.69 Å². The lowest BCUT2D eigenvalue weighted by atomic mass is 10.1. The van der Waals surface area contributed by atoms with Crippen molar-refractivity contribution in [2.45, 2.75) is 0 Å². The molecule has 2 heterocycles. The van der Waals surface area contributed by atoms with Crippen molar-refractivity contribution >= 4 is 37.9 Å². The monoisotopic (exact) mass is 366 g/mol. The maximum Gasteiger partial charge on any atom is 0.277 e. The highest BCUT2D eigenvalue weighted by Gasteiger charge is 2.13. The molecule has 0 N–H and O–H groups in total. The van der Waals surface area contributed by atoms with Crippen LogP contribution in [0.2, 0.25) is 0 Å². The number of pyridine rings is 1. The zero-order valence-electron chi connectivity index (χ0n) is 11.9. The Morgan fingerprint density at radius 2 is 1.74 bits per heavy atom. The predicted octanol–water partition coefficient (Wildman–Crippen LogP) is 5.43. The van der Waals surface area contributed by atoms with Gasteiger partial charge in [0.1, 0.15) is 0 Å². The minimum Gasteiger partial charge on any atom is -0.323 e. The van der Waals surface area contributed by atoms with E-state index in [1.807, 2.05) is 47.1 Å². The van der Waals surface area contributed by atoms with Crippen LogP contribution in [0.25, 0.3) is 27.4 Å². The number of rotatable bonds is 2. The molecule has 5 heteroatoms. The van der Waals surface area contributed by atoms with E-state index in [1.54, 1.807) is 12.1 Å². The Morgan fingerprint density at radius 1 is 0.957 bits per heavy atom. The van der Waals surface area contributed by atoms with Gasteiger partial charge in [0, 0.05) is 33.9 Å². The summed E-state index contributed by atoms with van der Waals surface area (Å²) in [6, 6.07) is 17.1. The van der Waals surface area contributed by atoms with Crippen molar-refractivity contribution < 1.29 is 4.92 Å². The van der Waals surface area contributed by atoms with Gasteiger partial charge in [-0.2, -0.15) is 0 Å². The van der Waals surface area contributed by atoms with Gasteiger partial charge in [0.05, 0.1) is 15.8 Å². The van der Waals surface area contributed by atoms with Crippen LogP contribution in [0.5, 0.6) is 0 Å². The zero-order valence-corrected chi connectivity index (χ0v) is 13.5.